The Labute approximate surface area is 149 Å². The summed E-state index contributed by atoms with van der Waals surface area (Å²) >= 11 is 3.41. The van der Waals surface area contributed by atoms with E-state index in [0.717, 1.165) is 10.0 Å². The number of benzene rings is 1. The Balaban J connectivity index is 1.50. The minimum Gasteiger partial charge on any atom is -0.347 e. The molecule has 3 rings (SSSR count). The number of rotatable bonds is 3. The van der Waals surface area contributed by atoms with Gasteiger partial charge in [0.05, 0.1) is 18.9 Å². The predicted octanol–water partition coefficient (Wildman–Crippen LogP) is 2.45. The molecule has 2 saturated heterocycles. The number of halogens is 1. The Morgan fingerprint density at radius 1 is 1.25 bits per heavy atom. The molecule has 7 heteroatoms. The van der Waals surface area contributed by atoms with Gasteiger partial charge in [-0.25, -0.2) is 0 Å². The van der Waals surface area contributed by atoms with Crippen LogP contribution in [0, 0.1) is 6.92 Å². The highest BCUT2D eigenvalue weighted by Crippen LogP contribution is 2.31. The molecule has 1 spiro atoms. The number of nitrogens with one attached hydrogen (secondary N) is 1. The quantitative estimate of drug-likeness (QED) is 0.796. The maximum atomic E-state index is 12.3. The molecule has 1 aromatic rings. The number of carbonyl (C=O) groups excluding carboxylic acids is 2. The molecule has 24 heavy (non-hydrogen) atoms. The Kier molecular flexibility index (Phi) is 5.22. The van der Waals surface area contributed by atoms with Crippen LogP contribution in [-0.4, -0.2) is 48.8 Å². The third kappa shape index (κ3) is 3.96. The molecule has 0 aromatic heterocycles. The van der Waals surface area contributed by atoms with E-state index in [4.69, 9.17) is 9.47 Å². The number of hydrogen-bond acceptors (Lipinski definition) is 4. The fourth-order valence-electron chi connectivity index (χ4n) is 3.05. The van der Waals surface area contributed by atoms with Crippen LogP contribution >= 0.6 is 15.9 Å². The van der Waals surface area contributed by atoms with E-state index in [-0.39, 0.29) is 18.2 Å². The molecule has 2 heterocycles. The lowest BCUT2D eigenvalue weighted by Crippen LogP contribution is -2.47. The zero-order valence-corrected chi connectivity index (χ0v) is 15.2. The van der Waals surface area contributed by atoms with E-state index >= 15 is 0 Å². The summed E-state index contributed by atoms with van der Waals surface area (Å²) in [5.74, 6) is -0.979. The number of aryl methyl sites for hydroxylation is 1. The smallest absolute Gasteiger partial charge is 0.233 e. The number of amides is 2. The highest BCUT2D eigenvalue weighted by Gasteiger charge is 2.40. The van der Waals surface area contributed by atoms with Crippen LogP contribution in [0.25, 0.3) is 0 Å². The van der Waals surface area contributed by atoms with Crippen molar-refractivity contribution in [2.24, 2.45) is 0 Å². The van der Waals surface area contributed by atoms with E-state index in [1.54, 1.807) is 4.90 Å². The molecule has 2 amide bonds. The molecule has 0 atom stereocenters. The predicted molar refractivity (Wildman–Crippen MR) is 92.6 cm³/mol. The topological polar surface area (TPSA) is 67.9 Å². The van der Waals surface area contributed by atoms with Crippen molar-refractivity contribution < 1.29 is 19.1 Å². The summed E-state index contributed by atoms with van der Waals surface area (Å²) in [6.07, 6.45) is 1.16. The summed E-state index contributed by atoms with van der Waals surface area (Å²) in [5, 5.41) is 2.77. The van der Waals surface area contributed by atoms with Crippen molar-refractivity contribution in [2.75, 3.05) is 31.6 Å². The third-order valence-electron chi connectivity index (χ3n) is 4.40. The van der Waals surface area contributed by atoms with Crippen molar-refractivity contribution in [3.05, 3.63) is 28.2 Å². The van der Waals surface area contributed by atoms with Gasteiger partial charge in [0.15, 0.2) is 5.79 Å². The highest BCUT2D eigenvalue weighted by molar-refractivity contribution is 9.10. The Morgan fingerprint density at radius 3 is 2.54 bits per heavy atom. The first-order chi connectivity index (χ1) is 11.5. The van der Waals surface area contributed by atoms with Crippen molar-refractivity contribution in [3.63, 3.8) is 0 Å². The number of likely N-dealkylation sites (tertiary alicyclic amines) is 1. The van der Waals surface area contributed by atoms with E-state index in [2.05, 4.69) is 21.2 Å². The van der Waals surface area contributed by atoms with Gasteiger partial charge in [0.1, 0.15) is 6.42 Å². The average molecular weight is 397 g/mol. The standard InChI is InChI=1S/C17H21BrN2O4/c1-12-2-3-14(13(18)10-12)19-15(21)11-16(22)20-6-4-17(5-7-20)23-8-9-24-17/h2-3,10H,4-9,11H2,1H3,(H,19,21). The molecule has 0 bridgehead atoms. The van der Waals surface area contributed by atoms with E-state index in [1.165, 1.54) is 0 Å². The first-order valence-corrected chi connectivity index (χ1v) is 8.88. The summed E-state index contributed by atoms with van der Waals surface area (Å²) in [6.45, 7) is 4.31. The van der Waals surface area contributed by atoms with Crippen molar-refractivity contribution in [2.45, 2.75) is 32.0 Å². The Morgan fingerprint density at radius 2 is 1.92 bits per heavy atom. The molecule has 0 aliphatic carbocycles. The number of anilines is 1. The maximum Gasteiger partial charge on any atom is 0.233 e. The molecule has 1 N–H and O–H groups in total. The summed E-state index contributed by atoms with van der Waals surface area (Å²) < 4.78 is 12.1. The van der Waals surface area contributed by atoms with E-state index in [9.17, 15) is 9.59 Å². The molecule has 6 nitrogen and oxygen atoms in total. The van der Waals surface area contributed by atoms with E-state index in [0.29, 0.717) is 44.8 Å². The van der Waals surface area contributed by atoms with E-state index in [1.807, 2.05) is 25.1 Å². The molecule has 130 valence electrons. The lowest BCUT2D eigenvalue weighted by atomic mass is 10.0. The van der Waals surface area contributed by atoms with Gasteiger partial charge in [0.2, 0.25) is 11.8 Å². The highest BCUT2D eigenvalue weighted by atomic mass is 79.9. The largest absolute Gasteiger partial charge is 0.347 e. The molecule has 0 saturated carbocycles. The maximum absolute atomic E-state index is 12.3. The fraction of sp³-hybridized carbons (Fsp3) is 0.529. The zero-order valence-electron chi connectivity index (χ0n) is 13.6. The first kappa shape index (κ1) is 17.4. The Bertz CT molecular complexity index is 633. The van der Waals surface area contributed by atoms with Crippen LogP contribution in [0.15, 0.2) is 22.7 Å². The SMILES string of the molecule is Cc1ccc(NC(=O)CC(=O)N2CCC3(CC2)OCCO3)c(Br)c1. The van der Waals surface area contributed by atoms with Crippen molar-refractivity contribution in [1.29, 1.82) is 0 Å². The molecule has 1 aromatic carbocycles. The van der Waals surface area contributed by atoms with Crippen LogP contribution in [0.4, 0.5) is 5.69 Å². The molecule has 2 aliphatic rings. The van der Waals surface area contributed by atoms with Crippen molar-refractivity contribution in [1.82, 2.24) is 4.90 Å². The first-order valence-electron chi connectivity index (χ1n) is 8.09. The van der Waals surface area contributed by atoms with Gasteiger partial charge in [-0.05, 0) is 40.5 Å². The van der Waals surface area contributed by atoms with Crippen LogP contribution < -0.4 is 5.32 Å². The molecule has 2 aliphatic heterocycles. The average Bonchev–Trinajstić information content (AvgIpc) is 2.99. The monoisotopic (exact) mass is 396 g/mol. The van der Waals surface area contributed by atoms with Gasteiger partial charge in [-0.15, -0.1) is 0 Å². The number of nitrogens with zero attached hydrogens (tertiary/aromatic N) is 1. The summed E-state index contributed by atoms with van der Waals surface area (Å²) in [4.78, 5) is 26.1. The van der Waals surface area contributed by atoms with Gasteiger partial charge >= 0.3 is 0 Å². The second-order valence-corrected chi connectivity index (χ2v) is 7.05. The van der Waals surface area contributed by atoms with Crippen LogP contribution in [-0.2, 0) is 19.1 Å². The number of piperidine rings is 1. The van der Waals surface area contributed by atoms with Crippen LogP contribution in [0.5, 0.6) is 0 Å². The van der Waals surface area contributed by atoms with Crippen LogP contribution in [0.2, 0.25) is 0 Å². The second-order valence-electron chi connectivity index (χ2n) is 6.20. The van der Waals surface area contributed by atoms with Gasteiger partial charge in [0.25, 0.3) is 0 Å². The summed E-state index contributed by atoms with van der Waals surface area (Å²) in [7, 11) is 0. The molecule has 0 unspecified atom stereocenters. The molecule has 2 fully saturated rings. The lowest BCUT2D eigenvalue weighted by molar-refractivity contribution is -0.187. The van der Waals surface area contributed by atoms with Crippen molar-refractivity contribution >= 4 is 33.4 Å². The van der Waals surface area contributed by atoms with Gasteiger partial charge in [-0.1, -0.05) is 6.07 Å². The normalized spacial score (nSPS) is 19.5. The summed E-state index contributed by atoms with van der Waals surface area (Å²) in [5.41, 5.74) is 1.76. The minimum atomic E-state index is -0.508. The molecule has 0 radical (unpaired) electrons. The van der Waals surface area contributed by atoms with Crippen LogP contribution in [0.3, 0.4) is 0 Å². The van der Waals surface area contributed by atoms with Gasteiger partial charge in [-0.3, -0.25) is 9.59 Å². The third-order valence-corrected chi connectivity index (χ3v) is 5.06. The second kappa shape index (κ2) is 7.21. The zero-order chi connectivity index (χ0) is 17.2. The van der Waals surface area contributed by atoms with E-state index < -0.39 is 5.79 Å². The van der Waals surface area contributed by atoms with Gasteiger partial charge in [0, 0.05) is 30.4 Å². The fourth-order valence-corrected chi connectivity index (χ4v) is 3.64. The Hall–Kier alpha value is -1.44. The number of carbonyl (C=O) groups is 2. The van der Waals surface area contributed by atoms with Gasteiger partial charge < -0.3 is 19.7 Å². The summed E-state index contributed by atoms with van der Waals surface area (Å²) in [6, 6.07) is 5.65. The lowest BCUT2D eigenvalue weighted by Gasteiger charge is -2.37. The number of ether oxygens (including phenoxy) is 2. The minimum absolute atomic E-state index is 0.158. The molecular formula is C17H21BrN2O4. The molecular weight excluding hydrogens is 376 g/mol. The van der Waals surface area contributed by atoms with Gasteiger partial charge in [-0.2, -0.15) is 0 Å². The van der Waals surface area contributed by atoms with Crippen molar-refractivity contribution in [3.8, 4) is 0 Å². The number of hydrogen-bond donors (Lipinski definition) is 1. The van der Waals surface area contributed by atoms with Crippen LogP contribution in [0.1, 0.15) is 24.8 Å².